The predicted molar refractivity (Wildman–Crippen MR) is 116 cm³/mol. The Bertz CT molecular complexity index is 1200. The number of rotatable bonds is 3. The van der Waals surface area contributed by atoms with Crippen LogP contribution in [-0.4, -0.2) is 21.2 Å². The van der Waals surface area contributed by atoms with Gasteiger partial charge in [0.1, 0.15) is 11.4 Å². The van der Waals surface area contributed by atoms with E-state index in [1.54, 1.807) is 42.6 Å². The number of carbonyl (C=O) groups excluding carboxylic acids is 2. The quantitative estimate of drug-likeness (QED) is 0.683. The average molecular weight is 422 g/mol. The van der Waals surface area contributed by atoms with Crippen LogP contribution in [0.15, 0.2) is 59.7 Å². The predicted octanol–water partition coefficient (Wildman–Crippen LogP) is 4.29. The number of carbonyl (C=O) groups is 2. The standard InChI is InChI=1S/C23H20ClN3O3/c1-23(2)10-16-17(18(28)11-23)13-27(15-6-4-3-5-7-15)22(30)20(16)21(29)26-19-9-8-14(24)12-25-19/h3-9,12-13H,10-11H2,1-2H3,(H,25,26,29). The molecule has 1 aliphatic rings. The molecule has 3 aromatic rings. The van der Waals surface area contributed by atoms with Crippen LogP contribution in [0.25, 0.3) is 5.69 Å². The highest BCUT2D eigenvalue weighted by molar-refractivity contribution is 6.30. The Hall–Kier alpha value is -3.25. The highest BCUT2D eigenvalue weighted by Crippen LogP contribution is 2.36. The molecule has 0 aliphatic heterocycles. The fraction of sp³-hybridized carbons (Fsp3) is 0.217. The van der Waals surface area contributed by atoms with Crippen LogP contribution in [0.2, 0.25) is 5.02 Å². The Kier molecular flexibility index (Phi) is 5.03. The summed E-state index contributed by atoms with van der Waals surface area (Å²) >= 11 is 5.86. The Labute approximate surface area is 178 Å². The minimum absolute atomic E-state index is 0.0331. The van der Waals surface area contributed by atoms with Gasteiger partial charge in [-0.1, -0.05) is 43.6 Å². The van der Waals surface area contributed by atoms with Gasteiger partial charge in [0.15, 0.2) is 5.78 Å². The van der Waals surface area contributed by atoms with Crippen molar-refractivity contribution in [3.8, 4) is 5.69 Å². The first-order chi connectivity index (χ1) is 14.2. The van der Waals surface area contributed by atoms with Crippen LogP contribution < -0.4 is 10.9 Å². The highest BCUT2D eigenvalue weighted by atomic mass is 35.5. The van der Waals surface area contributed by atoms with Crippen LogP contribution in [0, 0.1) is 5.41 Å². The number of benzene rings is 1. The number of halogens is 1. The summed E-state index contributed by atoms with van der Waals surface area (Å²) in [6, 6.07) is 12.1. The summed E-state index contributed by atoms with van der Waals surface area (Å²) in [6.45, 7) is 3.91. The Morgan fingerprint density at radius 3 is 2.50 bits per heavy atom. The molecule has 0 fully saturated rings. The SMILES string of the molecule is CC1(C)CC(=O)c2cn(-c3ccccc3)c(=O)c(C(=O)Nc3ccc(Cl)cn3)c2C1. The molecule has 1 aliphatic carbocycles. The molecule has 0 saturated carbocycles. The van der Waals surface area contributed by atoms with E-state index >= 15 is 0 Å². The molecule has 7 heteroatoms. The molecule has 0 spiro atoms. The molecular formula is C23H20ClN3O3. The molecule has 152 valence electrons. The van der Waals surface area contributed by atoms with Gasteiger partial charge in [0, 0.05) is 30.1 Å². The zero-order valence-corrected chi connectivity index (χ0v) is 17.4. The van der Waals surface area contributed by atoms with Crippen LogP contribution in [-0.2, 0) is 6.42 Å². The summed E-state index contributed by atoms with van der Waals surface area (Å²) in [6.07, 6.45) is 3.77. The molecule has 0 radical (unpaired) electrons. The lowest BCUT2D eigenvalue weighted by atomic mass is 9.73. The first kappa shape index (κ1) is 20.0. The van der Waals surface area contributed by atoms with Gasteiger partial charge in [-0.15, -0.1) is 0 Å². The third-order valence-corrected chi connectivity index (χ3v) is 5.37. The number of amides is 1. The van der Waals surface area contributed by atoms with Gasteiger partial charge >= 0.3 is 0 Å². The third-order valence-electron chi connectivity index (χ3n) is 5.14. The van der Waals surface area contributed by atoms with Gasteiger partial charge in [0.2, 0.25) is 0 Å². The van der Waals surface area contributed by atoms with E-state index in [1.807, 2.05) is 19.9 Å². The van der Waals surface area contributed by atoms with Crippen molar-refractivity contribution in [3.05, 3.63) is 86.9 Å². The van der Waals surface area contributed by atoms with Gasteiger partial charge in [0.25, 0.3) is 11.5 Å². The highest BCUT2D eigenvalue weighted by Gasteiger charge is 2.36. The van der Waals surface area contributed by atoms with Crippen LogP contribution >= 0.6 is 11.6 Å². The van der Waals surface area contributed by atoms with E-state index in [2.05, 4.69) is 10.3 Å². The molecule has 0 bridgehead atoms. The fourth-order valence-corrected chi connectivity index (χ4v) is 3.90. The maximum atomic E-state index is 13.4. The van der Waals surface area contributed by atoms with E-state index in [1.165, 1.54) is 10.8 Å². The number of pyridine rings is 2. The number of ketones is 1. The molecule has 2 heterocycles. The number of nitrogens with one attached hydrogen (secondary N) is 1. The molecular weight excluding hydrogens is 402 g/mol. The van der Waals surface area contributed by atoms with E-state index < -0.39 is 11.5 Å². The zero-order valence-electron chi connectivity index (χ0n) is 16.6. The summed E-state index contributed by atoms with van der Waals surface area (Å²) in [4.78, 5) is 43.5. The molecule has 0 saturated heterocycles. The number of Topliss-reactive ketones (excluding diaryl/α,β-unsaturated/α-hetero) is 1. The molecule has 0 unspecified atom stereocenters. The summed E-state index contributed by atoms with van der Waals surface area (Å²) in [5.74, 6) is -0.402. The summed E-state index contributed by atoms with van der Waals surface area (Å²) in [5.41, 5.74) is 0.628. The minimum atomic E-state index is -0.596. The number of nitrogens with zero attached hydrogens (tertiary/aromatic N) is 2. The lowest BCUT2D eigenvalue weighted by Gasteiger charge is -2.31. The Balaban J connectivity index is 1.90. The molecule has 1 amide bonds. The van der Waals surface area contributed by atoms with E-state index in [0.717, 1.165) is 0 Å². The van der Waals surface area contributed by atoms with Crippen molar-refractivity contribution >= 4 is 29.1 Å². The van der Waals surface area contributed by atoms with Crippen molar-refractivity contribution in [2.75, 3.05) is 5.32 Å². The normalized spacial score (nSPS) is 14.8. The molecule has 4 rings (SSSR count). The summed E-state index contributed by atoms with van der Waals surface area (Å²) in [5, 5.41) is 3.10. The van der Waals surface area contributed by atoms with Crippen molar-refractivity contribution in [1.82, 2.24) is 9.55 Å². The number of para-hydroxylation sites is 1. The molecule has 1 aromatic carbocycles. The number of anilines is 1. The smallest absolute Gasteiger partial charge is 0.268 e. The van der Waals surface area contributed by atoms with E-state index in [-0.39, 0.29) is 22.6 Å². The van der Waals surface area contributed by atoms with Crippen LogP contribution in [0.3, 0.4) is 0 Å². The van der Waals surface area contributed by atoms with Gasteiger partial charge < -0.3 is 5.32 Å². The van der Waals surface area contributed by atoms with Crippen LogP contribution in [0.5, 0.6) is 0 Å². The monoisotopic (exact) mass is 421 g/mol. The van der Waals surface area contributed by atoms with Crippen molar-refractivity contribution < 1.29 is 9.59 Å². The average Bonchev–Trinajstić information content (AvgIpc) is 2.69. The first-order valence-corrected chi connectivity index (χ1v) is 9.93. The number of hydrogen-bond donors (Lipinski definition) is 1. The topological polar surface area (TPSA) is 81.1 Å². The van der Waals surface area contributed by atoms with E-state index in [4.69, 9.17) is 11.6 Å². The molecule has 1 N–H and O–H groups in total. The second-order valence-corrected chi connectivity index (χ2v) is 8.60. The number of fused-ring (bicyclic) bond motifs is 1. The van der Waals surface area contributed by atoms with Gasteiger partial charge in [-0.2, -0.15) is 0 Å². The third kappa shape index (κ3) is 3.78. The van der Waals surface area contributed by atoms with Crippen LogP contribution in [0.4, 0.5) is 5.82 Å². The van der Waals surface area contributed by atoms with Crippen molar-refractivity contribution in [3.63, 3.8) is 0 Å². The Morgan fingerprint density at radius 2 is 1.83 bits per heavy atom. The lowest BCUT2D eigenvalue weighted by Crippen LogP contribution is -2.37. The maximum Gasteiger partial charge on any atom is 0.268 e. The van der Waals surface area contributed by atoms with Gasteiger partial charge in [0.05, 0.1) is 5.02 Å². The lowest BCUT2D eigenvalue weighted by molar-refractivity contribution is 0.0910. The minimum Gasteiger partial charge on any atom is -0.306 e. The molecule has 2 aromatic heterocycles. The maximum absolute atomic E-state index is 13.4. The number of hydrogen-bond acceptors (Lipinski definition) is 4. The Morgan fingerprint density at radius 1 is 1.10 bits per heavy atom. The van der Waals surface area contributed by atoms with Gasteiger partial charge in [-0.25, -0.2) is 4.98 Å². The fourth-order valence-electron chi connectivity index (χ4n) is 3.79. The molecule has 6 nitrogen and oxygen atoms in total. The van der Waals surface area contributed by atoms with E-state index in [9.17, 15) is 14.4 Å². The van der Waals surface area contributed by atoms with E-state index in [0.29, 0.717) is 34.7 Å². The van der Waals surface area contributed by atoms with Crippen molar-refractivity contribution in [2.24, 2.45) is 5.41 Å². The second-order valence-electron chi connectivity index (χ2n) is 8.16. The van der Waals surface area contributed by atoms with Gasteiger partial charge in [-0.3, -0.25) is 19.0 Å². The van der Waals surface area contributed by atoms with Crippen molar-refractivity contribution in [1.29, 1.82) is 0 Å². The van der Waals surface area contributed by atoms with Crippen LogP contribution in [0.1, 0.15) is 46.5 Å². The largest absolute Gasteiger partial charge is 0.306 e. The van der Waals surface area contributed by atoms with Crippen molar-refractivity contribution in [2.45, 2.75) is 26.7 Å². The summed E-state index contributed by atoms with van der Waals surface area (Å²) in [7, 11) is 0. The first-order valence-electron chi connectivity index (χ1n) is 9.55. The van der Waals surface area contributed by atoms with Gasteiger partial charge in [-0.05, 0) is 41.7 Å². The number of aromatic nitrogens is 2. The zero-order chi connectivity index (χ0) is 21.5. The molecule has 0 atom stereocenters. The molecule has 30 heavy (non-hydrogen) atoms. The summed E-state index contributed by atoms with van der Waals surface area (Å²) < 4.78 is 1.36. The second kappa shape index (κ2) is 7.54.